The van der Waals surface area contributed by atoms with Crippen molar-refractivity contribution in [3.8, 4) is 0 Å². The molecule has 0 saturated heterocycles. The summed E-state index contributed by atoms with van der Waals surface area (Å²) in [6.07, 6.45) is 0. The Bertz CT molecular complexity index is 670. The van der Waals surface area contributed by atoms with Crippen molar-refractivity contribution in [1.82, 2.24) is 4.98 Å². The van der Waals surface area contributed by atoms with Gasteiger partial charge in [-0.2, -0.15) is 0 Å². The van der Waals surface area contributed by atoms with E-state index in [0.29, 0.717) is 14.5 Å². The van der Waals surface area contributed by atoms with E-state index in [1.165, 1.54) is 21.8 Å². The summed E-state index contributed by atoms with van der Waals surface area (Å²) in [4.78, 5) is 7.75. The number of hydrogen-bond donors (Lipinski definition) is 1. The van der Waals surface area contributed by atoms with Crippen LogP contribution >= 0.6 is 0 Å². The van der Waals surface area contributed by atoms with E-state index in [1.54, 1.807) is 0 Å². The van der Waals surface area contributed by atoms with Gasteiger partial charge >= 0.3 is 36.5 Å². The van der Waals surface area contributed by atoms with Gasteiger partial charge in [0.2, 0.25) is 0 Å². The van der Waals surface area contributed by atoms with Crippen LogP contribution in [0.15, 0.2) is 70.5 Å². The van der Waals surface area contributed by atoms with Crippen LogP contribution in [0, 0.1) is 0 Å². The molecule has 2 heterocycles. The van der Waals surface area contributed by atoms with Gasteiger partial charge in [0.25, 0.3) is 0 Å². The van der Waals surface area contributed by atoms with Crippen molar-refractivity contribution in [1.29, 1.82) is 0 Å². The van der Waals surface area contributed by atoms with Crippen LogP contribution in [0.2, 0.25) is 0 Å². The fraction of sp³-hybridized carbons (Fsp3) is 0. The van der Waals surface area contributed by atoms with E-state index >= 15 is 0 Å². The smallest absolute Gasteiger partial charge is 0.0464 e. The molecule has 0 amide bonds. The third-order valence-corrected chi connectivity index (χ3v) is 4.16. The molecule has 0 aliphatic rings. The third-order valence-electron chi connectivity index (χ3n) is 2.84. The van der Waals surface area contributed by atoms with E-state index in [1.807, 2.05) is 0 Å². The average molecular weight is 298 g/mol. The van der Waals surface area contributed by atoms with E-state index in [2.05, 4.69) is 75.5 Å². The molecule has 0 saturated carbocycles. The minimum atomic E-state index is 0.708. The summed E-state index contributed by atoms with van der Waals surface area (Å²) in [5, 5.41) is 2.61. The summed E-state index contributed by atoms with van der Waals surface area (Å²) < 4.78 is 0. The number of rotatable bonds is 0. The molecule has 0 aliphatic heterocycles. The molecule has 0 fully saturated rings. The van der Waals surface area contributed by atoms with Gasteiger partial charge in [0.15, 0.2) is 0 Å². The summed E-state index contributed by atoms with van der Waals surface area (Å²) >= 11 is 0.708. The number of benzene rings is 2. The monoisotopic (exact) mass is 299 g/mol. The molecular formula is C16H13NSe. The normalized spacial score (nSPS) is 10.2. The molecule has 0 radical (unpaired) electrons. The number of hydrogen-bond acceptors (Lipinski definition) is 0. The van der Waals surface area contributed by atoms with Crippen LogP contribution in [0.25, 0.3) is 21.8 Å². The van der Waals surface area contributed by atoms with Gasteiger partial charge in [-0.1, -0.05) is 36.4 Å². The van der Waals surface area contributed by atoms with E-state index in [9.17, 15) is 0 Å². The summed E-state index contributed by atoms with van der Waals surface area (Å²) in [5.41, 5.74) is 2.42. The number of fused-ring (bicyclic) bond motifs is 3. The standard InChI is InChI=1S/C12H9N.C4H4Se/c1-3-7-11-9(5-1)10-6-2-4-8-12(10)13-11;1-2-4-5-3-1/h1-8,13H;1-4H. The Morgan fingerprint density at radius 1 is 0.611 bits per heavy atom. The van der Waals surface area contributed by atoms with Gasteiger partial charge in [-0.15, -0.1) is 0 Å². The minimum Gasteiger partial charge on any atom is -0.355 e. The molecular weight excluding hydrogens is 285 g/mol. The quantitative estimate of drug-likeness (QED) is 0.471. The topological polar surface area (TPSA) is 15.8 Å². The maximum absolute atomic E-state index is 3.38. The Labute approximate surface area is 112 Å². The van der Waals surface area contributed by atoms with Crippen molar-refractivity contribution in [3.05, 3.63) is 70.5 Å². The Morgan fingerprint density at radius 2 is 1.11 bits per heavy atom. The molecule has 1 N–H and O–H groups in total. The molecule has 2 heteroatoms. The zero-order valence-electron chi connectivity index (χ0n) is 9.84. The van der Waals surface area contributed by atoms with Crippen molar-refractivity contribution in [2.75, 3.05) is 0 Å². The van der Waals surface area contributed by atoms with Crippen molar-refractivity contribution in [2.45, 2.75) is 0 Å². The van der Waals surface area contributed by atoms with Gasteiger partial charge in [0.1, 0.15) is 0 Å². The molecule has 0 aliphatic carbocycles. The second kappa shape index (κ2) is 5.26. The van der Waals surface area contributed by atoms with Crippen LogP contribution in [0.3, 0.4) is 0 Å². The van der Waals surface area contributed by atoms with Crippen LogP contribution in [-0.4, -0.2) is 19.5 Å². The fourth-order valence-corrected chi connectivity index (χ4v) is 2.98. The summed E-state index contributed by atoms with van der Waals surface area (Å²) in [6, 6.07) is 20.9. The average Bonchev–Trinajstić information content (AvgIpc) is 3.10. The fourth-order valence-electron chi connectivity index (χ4n) is 2.03. The Hall–Kier alpha value is -1.76. The number of H-pyrrole nitrogens is 1. The van der Waals surface area contributed by atoms with E-state index < -0.39 is 0 Å². The van der Waals surface area contributed by atoms with Crippen molar-refractivity contribution < 1.29 is 0 Å². The van der Waals surface area contributed by atoms with Crippen LogP contribution in [0.1, 0.15) is 0 Å². The van der Waals surface area contributed by atoms with Gasteiger partial charge in [-0.25, -0.2) is 0 Å². The molecule has 18 heavy (non-hydrogen) atoms. The molecule has 0 spiro atoms. The molecule has 0 unspecified atom stereocenters. The summed E-state index contributed by atoms with van der Waals surface area (Å²) in [7, 11) is 0. The zero-order valence-corrected chi connectivity index (χ0v) is 11.5. The molecule has 2 aromatic carbocycles. The first-order valence-electron chi connectivity index (χ1n) is 5.88. The number of aromatic amines is 1. The summed E-state index contributed by atoms with van der Waals surface area (Å²) in [5.74, 6) is 0. The second-order valence-electron chi connectivity index (χ2n) is 4.01. The molecule has 4 aromatic rings. The van der Waals surface area contributed by atoms with Crippen molar-refractivity contribution >= 4 is 36.3 Å². The molecule has 0 bridgehead atoms. The van der Waals surface area contributed by atoms with E-state index in [0.717, 1.165) is 0 Å². The van der Waals surface area contributed by atoms with Crippen LogP contribution in [0.5, 0.6) is 0 Å². The Kier molecular flexibility index (Phi) is 3.31. The van der Waals surface area contributed by atoms with Crippen molar-refractivity contribution in [2.24, 2.45) is 0 Å². The van der Waals surface area contributed by atoms with Gasteiger partial charge in [-0.3, -0.25) is 0 Å². The number of nitrogens with one attached hydrogen (secondary N) is 1. The maximum Gasteiger partial charge on any atom is 0.0464 e. The van der Waals surface area contributed by atoms with Gasteiger partial charge in [0.05, 0.1) is 0 Å². The first kappa shape index (κ1) is 11.3. The number of aromatic nitrogens is 1. The van der Waals surface area contributed by atoms with Gasteiger partial charge in [-0.05, 0) is 12.1 Å². The van der Waals surface area contributed by atoms with Crippen LogP contribution in [-0.2, 0) is 0 Å². The first-order chi connectivity index (χ1) is 8.95. The Morgan fingerprint density at radius 3 is 1.56 bits per heavy atom. The predicted molar refractivity (Wildman–Crippen MR) is 79.2 cm³/mol. The SMILES string of the molecule is c1cc[se]c1.c1ccc2c(c1)[nH]c1ccccc12. The third kappa shape index (κ3) is 2.26. The maximum atomic E-state index is 3.38. The molecule has 2 aromatic heterocycles. The molecule has 88 valence electrons. The second-order valence-corrected chi connectivity index (χ2v) is 5.72. The van der Waals surface area contributed by atoms with E-state index in [4.69, 9.17) is 0 Å². The van der Waals surface area contributed by atoms with Crippen molar-refractivity contribution in [3.63, 3.8) is 0 Å². The van der Waals surface area contributed by atoms with Gasteiger partial charge < -0.3 is 4.98 Å². The molecule has 0 atom stereocenters. The van der Waals surface area contributed by atoms with Crippen LogP contribution < -0.4 is 0 Å². The van der Waals surface area contributed by atoms with E-state index in [-0.39, 0.29) is 0 Å². The first-order valence-corrected chi connectivity index (χ1v) is 7.85. The van der Waals surface area contributed by atoms with Crippen LogP contribution in [0.4, 0.5) is 0 Å². The molecule has 1 nitrogen and oxygen atoms in total. The zero-order chi connectivity index (χ0) is 12.2. The molecule has 4 rings (SSSR count). The predicted octanol–water partition coefficient (Wildman–Crippen LogP) is 4.06. The summed E-state index contributed by atoms with van der Waals surface area (Å²) in [6.45, 7) is 0. The number of para-hydroxylation sites is 2. The van der Waals surface area contributed by atoms with Gasteiger partial charge in [0, 0.05) is 21.8 Å². The largest absolute Gasteiger partial charge is 0.355 e. The minimum absolute atomic E-state index is 0.708. The Balaban J connectivity index is 0.000000169.